The summed E-state index contributed by atoms with van der Waals surface area (Å²) in [6.07, 6.45) is 0. The Morgan fingerprint density at radius 2 is 1.73 bits per heavy atom. The zero-order valence-corrected chi connectivity index (χ0v) is 17.5. The van der Waals surface area contributed by atoms with Crippen LogP contribution in [0, 0.1) is 11.3 Å². The number of nitrogens with zero attached hydrogens (tertiary/aromatic N) is 2. The number of ketones is 1. The number of nitrogen functional groups attached to an aromatic ring is 2. The van der Waals surface area contributed by atoms with Crippen molar-refractivity contribution in [3.8, 4) is 17.2 Å². The van der Waals surface area contributed by atoms with Gasteiger partial charge in [0.15, 0.2) is 0 Å². The highest BCUT2D eigenvalue weighted by Crippen LogP contribution is 2.43. The van der Waals surface area contributed by atoms with Crippen LogP contribution in [0.15, 0.2) is 54.6 Å². The molecule has 0 saturated carbocycles. The van der Waals surface area contributed by atoms with Gasteiger partial charge < -0.3 is 11.5 Å². The zero-order valence-electron chi connectivity index (χ0n) is 16.6. The van der Waals surface area contributed by atoms with Gasteiger partial charge in [0.25, 0.3) is 0 Å². The third-order valence-electron chi connectivity index (χ3n) is 5.12. The van der Waals surface area contributed by atoms with Crippen molar-refractivity contribution < 1.29 is 4.79 Å². The maximum atomic E-state index is 13.0. The standard InChI is InChI=1S/C24H20N4OS/c1-13(2)14-8-10-15(11-9-14)18-17(12-25)23(27)28-24-19(18)20(26)22(30-24)21(29)16-6-4-3-5-7-16/h3-11,13H,26H2,1-2H3,(H2,27,28). The predicted molar refractivity (Wildman–Crippen MR) is 123 cm³/mol. The molecule has 0 radical (unpaired) electrons. The second-order valence-corrected chi connectivity index (χ2v) is 8.35. The fourth-order valence-corrected chi connectivity index (χ4v) is 4.57. The van der Waals surface area contributed by atoms with Gasteiger partial charge in [-0.25, -0.2) is 4.98 Å². The molecule has 6 heteroatoms. The zero-order chi connectivity index (χ0) is 21.4. The number of carbonyl (C=O) groups excluding carboxylic acids is 1. The lowest BCUT2D eigenvalue weighted by molar-refractivity contribution is 0.104. The van der Waals surface area contributed by atoms with Crippen molar-refractivity contribution in [1.82, 2.24) is 4.98 Å². The molecule has 0 aliphatic heterocycles. The fourth-order valence-electron chi connectivity index (χ4n) is 3.50. The Kier molecular flexibility index (Phi) is 4.98. The van der Waals surface area contributed by atoms with Crippen molar-refractivity contribution in [2.45, 2.75) is 19.8 Å². The Morgan fingerprint density at radius 3 is 2.33 bits per heavy atom. The summed E-state index contributed by atoms with van der Waals surface area (Å²) in [5.41, 5.74) is 16.3. The first-order valence-corrected chi connectivity index (χ1v) is 10.4. The minimum absolute atomic E-state index is 0.132. The van der Waals surface area contributed by atoms with E-state index in [0.717, 1.165) is 5.56 Å². The first-order chi connectivity index (χ1) is 14.4. The number of nitriles is 1. The van der Waals surface area contributed by atoms with Crippen molar-refractivity contribution in [2.24, 2.45) is 0 Å². The maximum absolute atomic E-state index is 13.0. The number of fused-ring (bicyclic) bond motifs is 1. The molecule has 148 valence electrons. The van der Waals surface area contributed by atoms with Crippen molar-refractivity contribution in [2.75, 3.05) is 11.5 Å². The normalized spacial score (nSPS) is 11.0. The van der Waals surface area contributed by atoms with Gasteiger partial charge in [0.05, 0.1) is 5.69 Å². The van der Waals surface area contributed by atoms with Crippen molar-refractivity contribution in [3.05, 3.63) is 76.2 Å². The van der Waals surface area contributed by atoms with Gasteiger partial charge >= 0.3 is 0 Å². The van der Waals surface area contributed by atoms with Gasteiger partial charge in [-0.3, -0.25) is 4.79 Å². The number of rotatable bonds is 4. The van der Waals surface area contributed by atoms with Crippen LogP contribution in [0.2, 0.25) is 0 Å². The van der Waals surface area contributed by atoms with Gasteiger partial charge in [-0.15, -0.1) is 11.3 Å². The van der Waals surface area contributed by atoms with E-state index in [-0.39, 0.29) is 17.2 Å². The SMILES string of the molecule is CC(C)c1ccc(-c2c(C#N)c(N)nc3sc(C(=O)c4ccccc4)c(N)c23)cc1. The topological polar surface area (TPSA) is 106 Å². The van der Waals surface area contributed by atoms with Crippen LogP contribution in [0.25, 0.3) is 21.3 Å². The maximum Gasteiger partial charge on any atom is 0.205 e. The monoisotopic (exact) mass is 412 g/mol. The number of anilines is 2. The molecule has 0 unspecified atom stereocenters. The summed E-state index contributed by atoms with van der Waals surface area (Å²) in [4.78, 5) is 18.4. The van der Waals surface area contributed by atoms with Gasteiger partial charge in [-0.2, -0.15) is 5.26 Å². The van der Waals surface area contributed by atoms with E-state index in [4.69, 9.17) is 11.5 Å². The Labute approximate surface area is 178 Å². The molecule has 0 aliphatic rings. The molecule has 0 saturated heterocycles. The number of hydrogen-bond acceptors (Lipinski definition) is 6. The van der Waals surface area contributed by atoms with E-state index in [9.17, 15) is 10.1 Å². The number of carbonyl (C=O) groups is 1. The summed E-state index contributed by atoms with van der Waals surface area (Å²) < 4.78 is 0. The van der Waals surface area contributed by atoms with Crippen molar-refractivity contribution in [1.29, 1.82) is 5.26 Å². The Morgan fingerprint density at radius 1 is 1.07 bits per heavy atom. The summed E-state index contributed by atoms with van der Waals surface area (Å²) in [5, 5.41) is 10.4. The van der Waals surface area contributed by atoms with Crippen LogP contribution in [-0.4, -0.2) is 10.8 Å². The van der Waals surface area contributed by atoms with Gasteiger partial charge in [-0.05, 0) is 17.0 Å². The number of hydrogen-bond donors (Lipinski definition) is 2. The number of thiophene rings is 1. The van der Waals surface area contributed by atoms with Crippen LogP contribution in [0.1, 0.15) is 46.1 Å². The molecule has 2 aromatic carbocycles. The second-order valence-electron chi connectivity index (χ2n) is 7.36. The van der Waals surface area contributed by atoms with Crippen LogP contribution in [-0.2, 0) is 0 Å². The highest BCUT2D eigenvalue weighted by Gasteiger charge is 2.24. The Hall–Kier alpha value is -3.69. The van der Waals surface area contributed by atoms with E-state index in [2.05, 4.69) is 24.9 Å². The lowest BCUT2D eigenvalue weighted by Gasteiger charge is -2.11. The fraction of sp³-hybridized carbons (Fsp3) is 0.125. The van der Waals surface area contributed by atoms with Crippen LogP contribution in [0.3, 0.4) is 0 Å². The molecule has 4 N–H and O–H groups in total. The van der Waals surface area contributed by atoms with Gasteiger partial charge in [0.2, 0.25) is 5.78 Å². The third-order valence-corrected chi connectivity index (χ3v) is 6.22. The number of nitrogens with two attached hydrogens (primary N) is 2. The largest absolute Gasteiger partial charge is 0.397 e. The van der Waals surface area contributed by atoms with Gasteiger partial charge in [0.1, 0.15) is 27.2 Å². The molecule has 5 nitrogen and oxygen atoms in total. The molecule has 2 aromatic heterocycles. The first-order valence-electron chi connectivity index (χ1n) is 9.54. The van der Waals surface area contributed by atoms with Crippen LogP contribution in [0.5, 0.6) is 0 Å². The average molecular weight is 413 g/mol. The summed E-state index contributed by atoms with van der Waals surface area (Å²) in [5.74, 6) is 0.348. The molecule has 0 bridgehead atoms. The highest BCUT2D eigenvalue weighted by atomic mass is 32.1. The first kappa shape index (κ1) is 19.6. The summed E-state index contributed by atoms with van der Waals surface area (Å²) in [7, 11) is 0. The van der Waals surface area contributed by atoms with Crippen LogP contribution in [0.4, 0.5) is 11.5 Å². The minimum Gasteiger partial charge on any atom is -0.397 e. The number of aromatic nitrogens is 1. The van der Waals surface area contributed by atoms with Gasteiger partial charge in [0, 0.05) is 16.5 Å². The van der Waals surface area contributed by atoms with E-state index < -0.39 is 0 Å². The minimum atomic E-state index is -0.172. The Bertz CT molecular complexity index is 1300. The van der Waals surface area contributed by atoms with E-state index in [0.29, 0.717) is 37.8 Å². The van der Waals surface area contributed by atoms with Crippen LogP contribution < -0.4 is 11.5 Å². The second kappa shape index (κ2) is 7.62. The lowest BCUT2D eigenvalue weighted by atomic mass is 9.94. The number of benzene rings is 2. The smallest absolute Gasteiger partial charge is 0.205 e. The molecule has 0 atom stereocenters. The van der Waals surface area contributed by atoms with Crippen LogP contribution >= 0.6 is 11.3 Å². The molecule has 4 rings (SSSR count). The van der Waals surface area contributed by atoms with E-state index in [1.807, 2.05) is 42.5 Å². The van der Waals surface area contributed by atoms with Crippen molar-refractivity contribution >= 4 is 38.8 Å². The quantitative estimate of drug-likeness (QED) is 0.439. The molecule has 30 heavy (non-hydrogen) atoms. The van der Waals surface area contributed by atoms with E-state index >= 15 is 0 Å². The number of pyridine rings is 1. The van der Waals surface area contributed by atoms with Crippen molar-refractivity contribution in [3.63, 3.8) is 0 Å². The molecule has 4 aromatic rings. The van der Waals surface area contributed by atoms with E-state index in [1.165, 1.54) is 16.9 Å². The molecular weight excluding hydrogens is 392 g/mol. The molecule has 0 aliphatic carbocycles. The molecular formula is C24H20N4OS. The third kappa shape index (κ3) is 3.19. The average Bonchev–Trinajstić information content (AvgIpc) is 3.08. The summed E-state index contributed by atoms with van der Waals surface area (Å²) >= 11 is 1.20. The lowest BCUT2D eigenvalue weighted by Crippen LogP contribution is -2.02. The summed E-state index contributed by atoms with van der Waals surface area (Å²) in [6, 6.07) is 19.1. The van der Waals surface area contributed by atoms with E-state index in [1.54, 1.807) is 12.1 Å². The summed E-state index contributed by atoms with van der Waals surface area (Å²) in [6.45, 7) is 4.24. The van der Waals surface area contributed by atoms with Gasteiger partial charge in [-0.1, -0.05) is 68.4 Å². The predicted octanol–water partition coefficient (Wildman–Crippen LogP) is 5.35. The molecule has 0 fully saturated rings. The molecule has 0 amide bonds. The highest BCUT2D eigenvalue weighted by molar-refractivity contribution is 7.21. The molecule has 2 heterocycles. The molecule has 0 spiro atoms. The Balaban J connectivity index is 1.98.